The number of nitrogens with zero attached hydrogens (tertiary/aromatic N) is 1. The minimum Gasteiger partial charge on any atom is -0.468 e. The number of nitrogens with one attached hydrogen (secondary N) is 1. The molecular formula is C21H22N2O4. The molecule has 6 nitrogen and oxygen atoms in total. The van der Waals surface area contributed by atoms with Crippen molar-refractivity contribution in [1.29, 1.82) is 0 Å². The molecule has 6 heteroatoms. The highest BCUT2D eigenvalue weighted by molar-refractivity contribution is 5.92. The fourth-order valence-corrected chi connectivity index (χ4v) is 4.65. The van der Waals surface area contributed by atoms with Gasteiger partial charge in [0, 0.05) is 28.4 Å². The maximum Gasteiger partial charge on any atom is 0.316 e. The number of fused-ring (bicyclic) bond motifs is 3. The Hall–Kier alpha value is -2.89. The predicted octanol–water partition coefficient (Wildman–Crippen LogP) is 3.76. The van der Waals surface area contributed by atoms with E-state index in [2.05, 4.69) is 17.1 Å². The molecule has 0 saturated heterocycles. The summed E-state index contributed by atoms with van der Waals surface area (Å²) in [6.45, 7) is -0.106. The zero-order valence-corrected chi connectivity index (χ0v) is 15.2. The molecule has 27 heavy (non-hydrogen) atoms. The van der Waals surface area contributed by atoms with Gasteiger partial charge in [-0.05, 0) is 41.9 Å². The zero-order chi connectivity index (χ0) is 19.0. The number of rotatable bonds is 6. The first-order valence-corrected chi connectivity index (χ1v) is 9.20. The summed E-state index contributed by atoms with van der Waals surface area (Å²) in [5, 5.41) is 11.7. The topological polar surface area (TPSA) is 85.2 Å². The number of allylic oxidation sites excluding steroid dienone is 2. The van der Waals surface area contributed by atoms with Gasteiger partial charge in [-0.2, -0.15) is 0 Å². The summed E-state index contributed by atoms with van der Waals surface area (Å²) >= 11 is 0. The third kappa shape index (κ3) is 2.95. The smallest absolute Gasteiger partial charge is 0.316 e. The SMILES string of the molecule is COC(=O)[C@@]1(/C=C/c2cccc3[nH]cc(CC[N+](=O)[O-])c23)C[C@H]2C=C[C@@H]1C2. The molecule has 0 unspecified atom stereocenters. The molecule has 0 aliphatic heterocycles. The zero-order valence-electron chi connectivity index (χ0n) is 15.2. The molecule has 0 amide bonds. The lowest BCUT2D eigenvalue weighted by Gasteiger charge is -2.29. The Morgan fingerprint density at radius 1 is 1.44 bits per heavy atom. The monoisotopic (exact) mass is 366 g/mol. The lowest BCUT2D eigenvalue weighted by Crippen LogP contribution is -2.34. The van der Waals surface area contributed by atoms with E-state index in [-0.39, 0.29) is 23.4 Å². The molecule has 1 N–H and O–H groups in total. The van der Waals surface area contributed by atoms with Gasteiger partial charge in [0.1, 0.15) is 0 Å². The third-order valence-electron chi connectivity index (χ3n) is 5.94. The molecule has 1 aromatic heterocycles. The molecule has 3 atom stereocenters. The predicted molar refractivity (Wildman–Crippen MR) is 103 cm³/mol. The summed E-state index contributed by atoms with van der Waals surface area (Å²) in [6.07, 6.45) is 12.3. The highest BCUT2D eigenvalue weighted by Crippen LogP contribution is 2.54. The summed E-state index contributed by atoms with van der Waals surface area (Å²) in [5.41, 5.74) is 2.20. The van der Waals surface area contributed by atoms with Crippen molar-refractivity contribution < 1.29 is 14.5 Å². The van der Waals surface area contributed by atoms with Crippen molar-refractivity contribution >= 4 is 22.9 Å². The molecular weight excluding hydrogens is 344 g/mol. The van der Waals surface area contributed by atoms with Gasteiger partial charge in [0.2, 0.25) is 6.54 Å². The average molecular weight is 366 g/mol. The Kier molecular flexibility index (Phi) is 4.34. The minimum absolute atomic E-state index is 0.106. The minimum atomic E-state index is -0.617. The van der Waals surface area contributed by atoms with Crippen LogP contribution in [0.5, 0.6) is 0 Å². The van der Waals surface area contributed by atoms with E-state index in [1.54, 1.807) is 0 Å². The molecule has 140 valence electrons. The lowest BCUT2D eigenvalue weighted by molar-refractivity contribution is -0.479. The van der Waals surface area contributed by atoms with Crippen LogP contribution >= 0.6 is 0 Å². The highest BCUT2D eigenvalue weighted by Gasteiger charge is 2.52. The van der Waals surface area contributed by atoms with Crippen LogP contribution in [-0.2, 0) is 16.0 Å². The fraction of sp³-hybridized carbons (Fsp3) is 0.381. The number of aromatic amines is 1. The number of hydrogen-bond donors (Lipinski definition) is 1. The molecule has 2 aliphatic carbocycles. The van der Waals surface area contributed by atoms with Crippen molar-refractivity contribution in [2.45, 2.75) is 19.3 Å². The maximum absolute atomic E-state index is 12.6. The van der Waals surface area contributed by atoms with Crippen molar-refractivity contribution in [3.8, 4) is 0 Å². The number of carbonyl (C=O) groups excluding carboxylic acids is 1. The van der Waals surface area contributed by atoms with E-state index in [0.717, 1.165) is 34.9 Å². The quantitative estimate of drug-likeness (QED) is 0.365. The molecule has 0 radical (unpaired) electrons. The fourth-order valence-electron chi connectivity index (χ4n) is 4.65. The second-order valence-corrected chi connectivity index (χ2v) is 7.45. The maximum atomic E-state index is 12.6. The standard InChI is InChI=1S/C21H22N2O4/c1-27-20(24)21(12-14-5-6-17(21)11-14)9-7-15-3-2-4-18-19(15)16(13-22-18)8-10-23(25)26/h2-7,9,13-14,17,22H,8,10-12H2,1H3/b9-7+/t14-,17+,21-/m0/s1. The molecule has 1 heterocycles. The summed E-state index contributed by atoms with van der Waals surface area (Å²) in [5.74, 6) is 0.411. The van der Waals surface area contributed by atoms with Gasteiger partial charge in [-0.3, -0.25) is 14.9 Å². The van der Waals surface area contributed by atoms with E-state index in [4.69, 9.17) is 4.74 Å². The van der Waals surface area contributed by atoms with Crippen molar-refractivity contribution in [2.75, 3.05) is 13.7 Å². The number of carbonyl (C=O) groups is 1. The van der Waals surface area contributed by atoms with Gasteiger partial charge < -0.3 is 9.72 Å². The van der Waals surface area contributed by atoms with Crippen LogP contribution in [-0.4, -0.2) is 29.5 Å². The number of esters is 1. The second kappa shape index (κ2) is 6.68. The van der Waals surface area contributed by atoms with Crippen molar-refractivity contribution in [3.05, 3.63) is 63.9 Å². The van der Waals surface area contributed by atoms with Crippen LogP contribution in [0.4, 0.5) is 0 Å². The molecule has 0 spiro atoms. The van der Waals surface area contributed by atoms with Gasteiger partial charge in [0.15, 0.2) is 0 Å². The molecule has 4 rings (SSSR count). The number of ether oxygens (including phenoxy) is 1. The van der Waals surface area contributed by atoms with Crippen LogP contribution in [0.15, 0.2) is 42.6 Å². The number of aromatic nitrogens is 1. The number of nitro groups is 1. The van der Waals surface area contributed by atoms with Crippen molar-refractivity contribution in [2.24, 2.45) is 17.3 Å². The van der Waals surface area contributed by atoms with Crippen LogP contribution in [0.2, 0.25) is 0 Å². The molecule has 2 bridgehead atoms. The highest BCUT2D eigenvalue weighted by atomic mass is 16.6. The van der Waals surface area contributed by atoms with Crippen molar-refractivity contribution in [3.63, 3.8) is 0 Å². The van der Waals surface area contributed by atoms with Gasteiger partial charge in [-0.25, -0.2) is 0 Å². The van der Waals surface area contributed by atoms with Gasteiger partial charge in [0.05, 0.1) is 12.5 Å². The lowest BCUT2D eigenvalue weighted by atomic mass is 9.75. The van der Waals surface area contributed by atoms with Crippen LogP contribution < -0.4 is 0 Å². The van der Waals surface area contributed by atoms with Crippen LogP contribution in [0.25, 0.3) is 17.0 Å². The van der Waals surface area contributed by atoms with Gasteiger partial charge in [-0.1, -0.05) is 36.4 Å². The van der Waals surface area contributed by atoms with Crippen molar-refractivity contribution in [1.82, 2.24) is 4.98 Å². The third-order valence-corrected chi connectivity index (χ3v) is 5.94. The van der Waals surface area contributed by atoms with Crippen LogP contribution in [0.3, 0.4) is 0 Å². The normalized spacial score (nSPS) is 26.3. The summed E-state index contributed by atoms with van der Waals surface area (Å²) < 4.78 is 5.13. The summed E-state index contributed by atoms with van der Waals surface area (Å²) in [6, 6.07) is 5.89. The molecule has 1 aromatic carbocycles. The van der Waals surface area contributed by atoms with E-state index < -0.39 is 5.41 Å². The average Bonchev–Trinajstić information content (AvgIpc) is 3.38. The van der Waals surface area contributed by atoms with Gasteiger partial charge >= 0.3 is 5.97 Å². The number of hydrogen-bond acceptors (Lipinski definition) is 4. The van der Waals surface area contributed by atoms with E-state index in [9.17, 15) is 14.9 Å². The van der Waals surface area contributed by atoms with Gasteiger partial charge in [0.25, 0.3) is 0 Å². The van der Waals surface area contributed by atoms with Gasteiger partial charge in [-0.15, -0.1) is 0 Å². The Balaban J connectivity index is 1.72. The Bertz CT molecular complexity index is 958. The first-order valence-electron chi connectivity index (χ1n) is 9.20. The number of H-pyrrole nitrogens is 1. The first kappa shape index (κ1) is 17.5. The van der Waals surface area contributed by atoms with E-state index in [0.29, 0.717) is 12.3 Å². The number of methoxy groups -OCH3 is 1. The van der Waals surface area contributed by atoms with E-state index >= 15 is 0 Å². The van der Waals surface area contributed by atoms with E-state index in [1.807, 2.05) is 36.5 Å². The Morgan fingerprint density at radius 2 is 2.30 bits per heavy atom. The molecule has 1 fully saturated rings. The largest absolute Gasteiger partial charge is 0.468 e. The molecule has 2 aromatic rings. The first-order chi connectivity index (χ1) is 13.0. The molecule has 1 saturated carbocycles. The molecule has 2 aliphatic rings. The van der Waals surface area contributed by atoms with E-state index in [1.165, 1.54) is 7.11 Å². The number of benzene rings is 1. The second-order valence-electron chi connectivity index (χ2n) is 7.45. The summed E-state index contributed by atoms with van der Waals surface area (Å²) in [7, 11) is 1.44. The Morgan fingerprint density at radius 3 is 2.96 bits per heavy atom. The van der Waals surface area contributed by atoms with Crippen LogP contribution in [0.1, 0.15) is 24.0 Å². The summed E-state index contributed by atoms with van der Waals surface area (Å²) in [4.78, 5) is 26.3. The van der Waals surface area contributed by atoms with Crippen LogP contribution in [0, 0.1) is 27.4 Å². The Labute approximate surface area is 157 Å².